The number of fused-ring (bicyclic) bond motifs is 1. The molecule has 1 aliphatic carbocycles. The number of carbonyl (C=O) groups is 1. The molecule has 1 amide bonds. The summed E-state index contributed by atoms with van der Waals surface area (Å²) in [4.78, 5) is 16.1. The number of nitriles is 1. The molecule has 5 heteroatoms. The third-order valence-corrected chi connectivity index (χ3v) is 5.84. The van der Waals surface area contributed by atoms with Crippen molar-refractivity contribution in [1.29, 1.82) is 5.26 Å². The van der Waals surface area contributed by atoms with Crippen molar-refractivity contribution in [2.45, 2.75) is 44.1 Å². The molecule has 2 N–H and O–H groups in total. The summed E-state index contributed by atoms with van der Waals surface area (Å²) in [5.74, 6) is 0.753. The molecule has 1 aliphatic rings. The molecule has 5 nitrogen and oxygen atoms in total. The lowest BCUT2D eigenvalue weighted by molar-refractivity contribution is -0.122. The maximum Gasteiger partial charge on any atom is 0.221 e. The summed E-state index contributed by atoms with van der Waals surface area (Å²) >= 11 is 0. The van der Waals surface area contributed by atoms with Crippen LogP contribution in [0.25, 0.3) is 22.2 Å². The SMILES string of the molecule is COc1ccc(-c2[nH]c3ccccc3c2CCC(=O)NC2(C#N)CCCC2)cc1. The van der Waals surface area contributed by atoms with Crippen LogP contribution in [0, 0.1) is 11.3 Å². The molecule has 148 valence electrons. The summed E-state index contributed by atoms with van der Waals surface area (Å²) in [6, 6.07) is 18.4. The quantitative estimate of drug-likeness (QED) is 0.642. The van der Waals surface area contributed by atoms with Crippen molar-refractivity contribution >= 4 is 16.8 Å². The Labute approximate surface area is 170 Å². The van der Waals surface area contributed by atoms with E-state index in [4.69, 9.17) is 4.74 Å². The molecule has 1 fully saturated rings. The van der Waals surface area contributed by atoms with Gasteiger partial charge in [-0.3, -0.25) is 4.79 Å². The van der Waals surface area contributed by atoms with Crippen LogP contribution in [0.1, 0.15) is 37.7 Å². The molecular formula is C24H25N3O2. The van der Waals surface area contributed by atoms with Gasteiger partial charge in [-0.2, -0.15) is 5.26 Å². The van der Waals surface area contributed by atoms with Crippen LogP contribution in [-0.2, 0) is 11.2 Å². The van der Waals surface area contributed by atoms with E-state index in [1.54, 1.807) is 7.11 Å². The average Bonchev–Trinajstić information content (AvgIpc) is 3.37. The Morgan fingerprint density at radius 2 is 1.90 bits per heavy atom. The van der Waals surface area contributed by atoms with Crippen LogP contribution in [0.15, 0.2) is 48.5 Å². The number of carbonyl (C=O) groups excluding carboxylic acids is 1. The van der Waals surface area contributed by atoms with Crippen LogP contribution in [0.5, 0.6) is 5.75 Å². The summed E-state index contributed by atoms with van der Waals surface area (Å²) in [7, 11) is 1.65. The topological polar surface area (TPSA) is 77.9 Å². The fraction of sp³-hybridized carbons (Fsp3) is 0.333. The molecule has 1 aromatic heterocycles. The minimum absolute atomic E-state index is 0.0561. The zero-order valence-corrected chi connectivity index (χ0v) is 16.6. The summed E-state index contributed by atoms with van der Waals surface area (Å²) in [5, 5.41) is 13.6. The maximum atomic E-state index is 12.6. The van der Waals surface area contributed by atoms with E-state index in [9.17, 15) is 10.1 Å². The van der Waals surface area contributed by atoms with Crippen LogP contribution in [0.4, 0.5) is 0 Å². The molecule has 3 aromatic rings. The molecule has 1 heterocycles. The first-order chi connectivity index (χ1) is 14.1. The van der Waals surface area contributed by atoms with Crippen LogP contribution in [-0.4, -0.2) is 23.5 Å². The highest BCUT2D eigenvalue weighted by Gasteiger charge is 2.35. The average molecular weight is 387 g/mol. The number of nitrogens with one attached hydrogen (secondary N) is 2. The Morgan fingerprint density at radius 3 is 2.59 bits per heavy atom. The van der Waals surface area contributed by atoms with E-state index in [0.29, 0.717) is 12.8 Å². The molecule has 0 atom stereocenters. The Hall–Kier alpha value is -3.26. The molecule has 0 spiro atoms. The smallest absolute Gasteiger partial charge is 0.221 e. The van der Waals surface area contributed by atoms with Gasteiger partial charge < -0.3 is 15.0 Å². The zero-order chi connectivity index (χ0) is 20.3. The van der Waals surface area contributed by atoms with Crippen LogP contribution in [0.3, 0.4) is 0 Å². The van der Waals surface area contributed by atoms with Gasteiger partial charge in [0.25, 0.3) is 0 Å². The van der Waals surface area contributed by atoms with E-state index in [-0.39, 0.29) is 5.91 Å². The van der Waals surface area contributed by atoms with Gasteiger partial charge in [-0.15, -0.1) is 0 Å². The monoisotopic (exact) mass is 387 g/mol. The molecular weight excluding hydrogens is 362 g/mol. The molecule has 29 heavy (non-hydrogen) atoms. The van der Waals surface area contributed by atoms with Crippen LogP contribution < -0.4 is 10.1 Å². The van der Waals surface area contributed by atoms with Crippen molar-refractivity contribution in [3.63, 3.8) is 0 Å². The first-order valence-electron chi connectivity index (χ1n) is 10.1. The van der Waals surface area contributed by atoms with Crippen LogP contribution >= 0.6 is 0 Å². The van der Waals surface area contributed by atoms with E-state index < -0.39 is 5.54 Å². The summed E-state index contributed by atoms with van der Waals surface area (Å²) in [5.41, 5.74) is 3.59. The number of benzene rings is 2. The first-order valence-corrected chi connectivity index (χ1v) is 10.1. The summed E-state index contributed by atoms with van der Waals surface area (Å²) in [6.45, 7) is 0. The number of nitrogens with zero attached hydrogens (tertiary/aromatic N) is 1. The van der Waals surface area contributed by atoms with Gasteiger partial charge in [0.05, 0.1) is 13.2 Å². The van der Waals surface area contributed by atoms with Gasteiger partial charge in [0.15, 0.2) is 0 Å². The predicted molar refractivity (Wildman–Crippen MR) is 114 cm³/mol. The highest BCUT2D eigenvalue weighted by Crippen LogP contribution is 2.33. The second-order valence-corrected chi connectivity index (χ2v) is 7.70. The van der Waals surface area contributed by atoms with E-state index in [0.717, 1.165) is 59.2 Å². The number of hydrogen-bond acceptors (Lipinski definition) is 3. The molecule has 2 aromatic carbocycles. The van der Waals surface area contributed by atoms with Crippen molar-refractivity contribution in [2.24, 2.45) is 0 Å². The largest absolute Gasteiger partial charge is 0.497 e. The lowest BCUT2D eigenvalue weighted by Gasteiger charge is -2.22. The van der Waals surface area contributed by atoms with Gasteiger partial charge in [0, 0.05) is 23.0 Å². The number of H-pyrrole nitrogens is 1. The van der Waals surface area contributed by atoms with Gasteiger partial charge in [0.2, 0.25) is 5.91 Å². The van der Waals surface area contributed by atoms with E-state index >= 15 is 0 Å². The Morgan fingerprint density at radius 1 is 1.17 bits per heavy atom. The lowest BCUT2D eigenvalue weighted by Crippen LogP contribution is -2.45. The van der Waals surface area contributed by atoms with E-state index in [1.165, 1.54) is 0 Å². The standard InChI is InChI=1S/C24H25N3O2/c1-29-18-10-8-17(9-11-18)23-20(19-6-2-3-7-21(19)26-23)12-13-22(28)27-24(16-25)14-4-5-15-24/h2-3,6-11,26H,4-5,12-15H2,1H3,(H,27,28). The van der Waals surface area contributed by atoms with Crippen LogP contribution in [0.2, 0.25) is 0 Å². The van der Waals surface area contributed by atoms with Crippen molar-refractivity contribution in [3.05, 3.63) is 54.1 Å². The molecule has 0 aliphatic heterocycles. The highest BCUT2D eigenvalue weighted by molar-refractivity contribution is 5.91. The number of rotatable bonds is 6. The molecule has 4 rings (SSSR count). The number of amides is 1. The van der Waals surface area contributed by atoms with Crippen molar-refractivity contribution in [2.75, 3.05) is 7.11 Å². The Kier molecular flexibility index (Phi) is 5.26. The maximum absolute atomic E-state index is 12.6. The van der Waals surface area contributed by atoms with Crippen molar-refractivity contribution < 1.29 is 9.53 Å². The minimum Gasteiger partial charge on any atom is -0.497 e. The Bertz CT molecular complexity index is 1050. The number of hydrogen-bond donors (Lipinski definition) is 2. The lowest BCUT2D eigenvalue weighted by atomic mass is 9.98. The Balaban J connectivity index is 1.59. The minimum atomic E-state index is -0.671. The fourth-order valence-electron chi connectivity index (χ4n) is 4.28. The van der Waals surface area contributed by atoms with Gasteiger partial charge >= 0.3 is 0 Å². The number of aryl methyl sites for hydroxylation is 1. The fourth-order valence-corrected chi connectivity index (χ4v) is 4.28. The van der Waals surface area contributed by atoms with Crippen molar-refractivity contribution in [1.82, 2.24) is 10.3 Å². The summed E-state index contributed by atoms with van der Waals surface area (Å²) < 4.78 is 5.27. The van der Waals surface area contributed by atoms with Gasteiger partial charge in [0.1, 0.15) is 11.3 Å². The van der Waals surface area contributed by atoms with E-state index in [2.05, 4.69) is 28.5 Å². The number of aromatic nitrogens is 1. The normalized spacial score (nSPS) is 15.2. The molecule has 1 saturated carbocycles. The molecule has 0 saturated heterocycles. The third kappa shape index (κ3) is 3.84. The molecule has 0 bridgehead atoms. The van der Waals surface area contributed by atoms with Gasteiger partial charge in [-0.25, -0.2) is 0 Å². The zero-order valence-electron chi connectivity index (χ0n) is 16.6. The number of methoxy groups -OCH3 is 1. The number of ether oxygens (including phenoxy) is 1. The number of para-hydroxylation sites is 1. The second kappa shape index (κ2) is 8.00. The predicted octanol–water partition coefficient (Wildman–Crippen LogP) is 4.73. The van der Waals surface area contributed by atoms with Crippen molar-refractivity contribution in [3.8, 4) is 23.1 Å². The highest BCUT2D eigenvalue weighted by atomic mass is 16.5. The van der Waals surface area contributed by atoms with E-state index in [1.807, 2.05) is 36.4 Å². The second-order valence-electron chi connectivity index (χ2n) is 7.70. The van der Waals surface area contributed by atoms with Gasteiger partial charge in [-0.1, -0.05) is 18.2 Å². The van der Waals surface area contributed by atoms with Gasteiger partial charge in [-0.05, 0) is 73.6 Å². The first kappa shape index (κ1) is 19.1. The molecule has 0 unspecified atom stereocenters. The third-order valence-electron chi connectivity index (χ3n) is 5.84. The number of aromatic amines is 1. The molecule has 0 radical (unpaired) electrons. The summed E-state index contributed by atoms with van der Waals surface area (Å²) in [6.07, 6.45) is 4.46.